The van der Waals surface area contributed by atoms with Crippen LogP contribution in [0.25, 0.3) is 6.08 Å². The van der Waals surface area contributed by atoms with Gasteiger partial charge in [-0.3, -0.25) is 0 Å². The normalized spacial score (nSPS) is 29.7. The Hall–Kier alpha value is -0.680. The molecule has 1 aromatic rings. The zero-order valence-corrected chi connectivity index (χ0v) is 12.8. The summed E-state index contributed by atoms with van der Waals surface area (Å²) in [7, 11) is 2.52. The molecule has 3 rings (SSSR count). The number of alkyl halides is 3. The molecule has 6 heteroatoms. The van der Waals surface area contributed by atoms with Gasteiger partial charge in [0.25, 0.3) is 0 Å². The molecule has 0 aromatic heterocycles. The second-order valence-electron chi connectivity index (χ2n) is 5.55. The molecular weight excluding hydrogens is 324 g/mol. The van der Waals surface area contributed by atoms with Crippen molar-refractivity contribution in [2.75, 3.05) is 0 Å². The predicted octanol–water partition coefficient (Wildman–Crippen LogP) is 6.60. The van der Waals surface area contributed by atoms with E-state index in [0.717, 1.165) is 38.2 Å². The molecule has 1 aliphatic carbocycles. The molecular formula is C15H15ClF4S. The molecule has 0 amide bonds. The van der Waals surface area contributed by atoms with Crippen LogP contribution in [0.5, 0.6) is 0 Å². The Labute approximate surface area is 127 Å². The first-order chi connectivity index (χ1) is 9.84. The fraction of sp³-hybridized carbons (Fsp3) is 0.467. The van der Waals surface area contributed by atoms with Gasteiger partial charge < -0.3 is 0 Å². The topological polar surface area (TPSA) is 0 Å². The molecule has 1 aromatic carbocycles. The number of hydrogen-bond acceptors (Lipinski definition) is 0. The molecule has 0 nitrogen and oxygen atoms in total. The van der Waals surface area contributed by atoms with Crippen LogP contribution >= 0.6 is 19.9 Å². The highest BCUT2D eigenvalue weighted by molar-refractivity contribution is 8.54. The lowest BCUT2D eigenvalue weighted by atomic mass is 9.88. The molecule has 0 radical (unpaired) electrons. The van der Waals surface area contributed by atoms with Gasteiger partial charge in [0.1, 0.15) is 5.82 Å². The van der Waals surface area contributed by atoms with Gasteiger partial charge in [-0.2, -0.15) is 13.2 Å². The van der Waals surface area contributed by atoms with Crippen molar-refractivity contribution < 1.29 is 17.6 Å². The van der Waals surface area contributed by atoms with Gasteiger partial charge in [-0.1, -0.05) is 25.3 Å². The van der Waals surface area contributed by atoms with Gasteiger partial charge in [-0.15, -0.1) is 0 Å². The Bertz CT molecular complexity index is 590. The standard InChI is InChI=1S/C15H15ClF4S/c16-21(15(18,19)20)13(10-4-2-1-3-5-10)8-11-6-7-12(17)9-14(11)21/h6-10H,1-5H2. The zero-order valence-electron chi connectivity index (χ0n) is 11.2. The first-order valence-corrected chi connectivity index (χ1v) is 9.40. The Balaban J connectivity index is 2.11. The second-order valence-corrected chi connectivity index (χ2v) is 9.39. The highest BCUT2D eigenvalue weighted by Crippen LogP contribution is 2.81. The van der Waals surface area contributed by atoms with Crippen molar-refractivity contribution in [1.29, 1.82) is 0 Å². The minimum absolute atomic E-state index is 0.0859. The molecule has 0 bridgehead atoms. The monoisotopic (exact) mass is 338 g/mol. The molecule has 0 N–H and O–H groups in total. The van der Waals surface area contributed by atoms with E-state index >= 15 is 0 Å². The minimum Gasteiger partial charge on any atom is -0.207 e. The maximum atomic E-state index is 13.7. The van der Waals surface area contributed by atoms with Crippen LogP contribution in [0.1, 0.15) is 37.7 Å². The molecule has 1 aliphatic heterocycles. The minimum atomic E-state index is -4.56. The van der Waals surface area contributed by atoms with Crippen LogP contribution in [0, 0.1) is 11.7 Å². The van der Waals surface area contributed by atoms with Crippen molar-refractivity contribution in [3.8, 4) is 0 Å². The number of allylic oxidation sites excluding steroid dienone is 1. The van der Waals surface area contributed by atoms with Crippen LogP contribution in [-0.2, 0) is 0 Å². The third-order valence-electron chi connectivity index (χ3n) is 4.23. The maximum absolute atomic E-state index is 13.7. The number of benzene rings is 1. The van der Waals surface area contributed by atoms with E-state index in [9.17, 15) is 17.6 Å². The van der Waals surface area contributed by atoms with E-state index in [0.29, 0.717) is 5.56 Å². The molecule has 1 unspecified atom stereocenters. The lowest BCUT2D eigenvalue weighted by Crippen LogP contribution is -2.21. The van der Waals surface area contributed by atoms with Crippen LogP contribution in [-0.4, -0.2) is 5.51 Å². The summed E-state index contributed by atoms with van der Waals surface area (Å²) in [5.74, 6) is -0.808. The van der Waals surface area contributed by atoms with Crippen molar-refractivity contribution in [1.82, 2.24) is 0 Å². The lowest BCUT2D eigenvalue weighted by molar-refractivity contribution is -0.0361. The predicted molar refractivity (Wildman–Crippen MR) is 78.7 cm³/mol. The molecule has 21 heavy (non-hydrogen) atoms. The fourth-order valence-electron chi connectivity index (χ4n) is 3.23. The van der Waals surface area contributed by atoms with Crippen LogP contribution in [0.3, 0.4) is 0 Å². The van der Waals surface area contributed by atoms with Gasteiger partial charge in [-0.05, 0) is 67.4 Å². The van der Waals surface area contributed by atoms with Crippen molar-refractivity contribution in [3.63, 3.8) is 0 Å². The van der Waals surface area contributed by atoms with Gasteiger partial charge in [0, 0.05) is 4.90 Å². The average molecular weight is 339 g/mol. The van der Waals surface area contributed by atoms with Crippen LogP contribution < -0.4 is 0 Å². The zero-order chi connectivity index (χ0) is 15.3. The van der Waals surface area contributed by atoms with Crippen molar-refractivity contribution >= 4 is 26.0 Å². The van der Waals surface area contributed by atoms with E-state index in [-0.39, 0.29) is 15.7 Å². The quantitative estimate of drug-likeness (QED) is 0.506. The van der Waals surface area contributed by atoms with Gasteiger partial charge in [0.2, 0.25) is 0 Å². The summed E-state index contributed by atoms with van der Waals surface area (Å²) in [6.45, 7) is 0. The Morgan fingerprint density at radius 3 is 2.38 bits per heavy atom. The highest BCUT2D eigenvalue weighted by atomic mass is 35.7. The van der Waals surface area contributed by atoms with E-state index in [4.69, 9.17) is 10.7 Å². The summed E-state index contributed by atoms with van der Waals surface area (Å²) in [4.78, 5) is 0.189. The SMILES string of the molecule is Fc1ccc2c(c1)S(Cl)(C(F)(F)F)C(C1CCCCC1)=C2. The largest absolute Gasteiger partial charge is 0.445 e. The van der Waals surface area contributed by atoms with Crippen molar-refractivity contribution in [3.05, 3.63) is 34.5 Å². The first-order valence-electron chi connectivity index (χ1n) is 6.94. The van der Waals surface area contributed by atoms with E-state index in [2.05, 4.69) is 0 Å². The third-order valence-corrected chi connectivity index (χ3v) is 8.48. The van der Waals surface area contributed by atoms with Crippen molar-refractivity contribution in [2.45, 2.75) is 42.5 Å². The van der Waals surface area contributed by atoms with E-state index < -0.39 is 20.6 Å². The van der Waals surface area contributed by atoms with E-state index in [1.807, 2.05) is 0 Å². The summed E-state index contributed by atoms with van der Waals surface area (Å²) in [5.41, 5.74) is -4.14. The van der Waals surface area contributed by atoms with Gasteiger partial charge in [-0.25, -0.2) is 4.39 Å². The maximum Gasteiger partial charge on any atom is 0.445 e. The smallest absolute Gasteiger partial charge is 0.207 e. The van der Waals surface area contributed by atoms with Gasteiger partial charge in [0.15, 0.2) is 0 Å². The Morgan fingerprint density at radius 1 is 1.10 bits per heavy atom. The molecule has 2 aliphatic rings. The molecule has 1 atom stereocenters. The summed E-state index contributed by atoms with van der Waals surface area (Å²) < 4.78 is 54.5. The molecule has 0 saturated heterocycles. The molecule has 0 spiro atoms. The summed E-state index contributed by atoms with van der Waals surface area (Å²) >= 11 is 0. The summed E-state index contributed by atoms with van der Waals surface area (Å²) in [5, 5.41) is 0. The van der Waals surface area contributed by atoms with E-state index in [1.54, 1.807) is 6.08 Å². The number of hydrogen-bond donors (Lipinski definition) is 0. The Kier molecular flexibility index (Phi) is 3.77. The van der Waals surface area contributed by atoms with E-state index in [1.165, 1.54) is 12.1 Å². The van der Waals surface area contributed by atoms with Crippen LogP contribution in [0.2, 0.25) is 0 Å². The average Bonchev–Trinajstić information content (AvgIpc) is 2.74. The highest BCUT2D eigenvalue weighted by Gasteiger charge is 2.57. The Morgan fingerprint density at radius 2 is 1.76 bits per heavy atom. The van der Waals surface area contributed by atoms with Gasteiger partial charge >= 0.3 is 5.51 Å². The van der Waals surface area contributed by atoms with Crippen molar-refractivity contribution in [2.24, 2.45) is 5.92 Å². The molecule has 116 valence electrons. The van der Waals surface area contributed by atoms with Gasteiger partial charge in [0.05, 0.1) is 0 Å². The fourth-order valence-corrected chi connectivity index (χ4v) is 6.62. The summed E-state index contributed by atoms with van der Waals surface area (Å²) in [6, 6.07) is 3.54. The summed E-state index contributed by atoms with van der Waals surface area (Å²) in [6.07, 6.45) is 5.94. The van der Waals surface area contributed by atoms with Crippen LogP contribution in [0.4, 0.5) is 17.6 Å². The first kappa shape index (κ1) is 15.2. The molecule has 1 saturated carbocycles. The number of fused-ring (bicyclic) bond motifs is 1. The second kappa shape index (κ2) is 5.20. The van der Waals surface area contributed by atoms with Crippen LogP contribution in [0.15, 0.2) is 28.0 Å². The number of rotatable bonds is 1. The third kappa shape index (κ3) is 2.38. The molecule has 1 heterocycles. The lowest BCUT2D eigenvalue weighted by Gasteiger charge is -2.38. The molecule has 1 fully saturated rings. The number of halogens is 5.